The summed E-state index contributed by atoms with van der Waals surface area (Å²) in [5.74, 6) is 0.349. The first-order chi connectivity index (χ1) is 9.85. The molecule has 118 valence electrons. The summed E-state index contributed by atoms with van der Waals surface area (Å²) in [6.07, 6.45) is 3.42. The fourth-order valence-corrected chi connectivity index (χ4v) is 5.77. The van der Waals surface area contributed by atoms with Crippen molar-refractivity contribution in [2.75, 3.05) is 12.8 Å². The van der Waals surface area contributed by atoms with E-state index in [1.54, 1.807) is 0 Å². The van der Waals surface area contributed by atoms with Crippen molar-refractivity contribution in [3.05, 3.63) is 34.4 Å². The summed E-state index contributed by atoms with van der Waals surface area (Å²) < 4.78 is 24.7. The molecule has 0 saturated carbocycles. The van der Waals surface area contributed by atoms with Crippen molar-refractivity contribution in [3.8, 4) is 0 Å². The Hall–Kier alpha value is -0.870. The molecule has 0 aliphatic carbocycles. The van der Waals surface area contributed by atoms with Gasteiger partial charge in [-0.3, -0.25) is 0 Å². The van der Waals surface area contributed by atoms with Crippen LogP contribution in [0.4, 0.5) is 0 Å². The minimum atomic E-state index is -2.95. The van der Waals surface area contributed by atoms with Crippen molar-refractivity contribution in [2.45, 2.75) is 57.7 Å². The normalized spacial score (nSPS) is 23.0. The van der Waals surface area contributed by atoms with Crippen molar-refractivity contribution in [2.24, 2.45) is 0 Å². The molecular weight excluding hydrogens is 282 g/mol. The molecule has 0 amide bonds. The smallest absolute Gasteiger partial charge is 0.154 e. The highest BCUT2D eigenvalue weighted by molar-refractivity contribution is 7.92. The number of sulfone groups is 1. The van der Waals surface area contributed by atoms with Gasteiger partial charge in [0.2, 0.25) is 0 Å². The van der Waals surface area contributed by atoms with Crippen LogP contribution in [0.2, 0.25) is 0 Å². The van der Waals surface area contributed by atoms with E-state index < -0.39 is 9.84 Å². The summed E-state index contributed by atoms with van der Waals surface area (Å²) in [7, 11) is -1.07. The zero-order valence-electron chi connectivity index (χ0n) is 13.6. The molecule has 21 heavy (non-hydrogen) atoms. The number of hydrogen-bond acceptors (Lipinski definition) is 3. The van der Waals surface area contributed by atoms with Crippen molar-refractivity contribution >= 4 is 9.84 Å². The molecule has 3 nitrogen and oxygen atoms in total. The summed E-state index contributed by atoms with van der Waals surface area (Å²) in [4.78, 5) is 0. The van der Waals surface area contributed by atoms with Crippen LogP contribution in [0.5, 0.6) is 0 Å². The molecule has 1 aliphatic rings. The van der Waals surface area contributed by atoms with Gasteiger partial charge < -0.3 is 5.32 Å². The SMILES string of the molecule is CNC(Cc1c(C)cc(C)cc1C)C1CCCCS1(=O)=O. The monoisotopic (exact) mass is 309 g/mol. The Bertz CT molecular complexity index is 584. The van der Waals surface area contributed by atoms with E-state index in [9.17, 15) is 8.42 Å². The van der Waals surface area contributed by atoms with Crippen molar-refractivity contribution in [1.82, 2.24) is 5.32 Å². The zero-order chi connectivity index (χ0) is 15.6. The quantitative estimate of drug-likeness (QED) is 0.930. The second-order valence-electron chi connectivity index (χ2n) is 6.38. The van der Waals surface area contributed by atoms with Gasteiger partial charge >= 0.3 is 0 Å². The first-order valence-corrected chi connectivity index (χ1v) is 9.52. The molecule has 1 N–H and O–H groups in total. The topological polar surface area (TPSA) is 46.2 Å². The van der Waals surface area contributed by atoms with Gasteiger partial charge in [0, 0.05) is 6.04 Å². The fourth-order valence-electron chi connectivity index (χ4n) is 3.60. The Morgan fingerprint density at radius 2 is 1.81 bits per heavy atom. The van der Waals surface area contributed by atoms with Gasteiger partial charge in [0.05, 0.1) is 11.0 Å². The van der Waals surface area contributed by atoms with Crippen LogP contribution < -0.4 is 5.32 Å². The number of hydrogen-bond donors (Lipinski definition) is 1. The van der Waals surface area contributed by atoms with Crippen molar-refractivity contribution in [1.29, 1.82) is 0 Å². The van der Waals surface area contributed by atoms with Gasteiger partial charge in [0.15, 0.2) is 9.84 Å². The number of nitrogens with one attached hydrogen (secondary N) is 1. The van der Waals surface area contributed by atoms with E-state index in [4.69, 9.17) is 0 Å². The number of benzene rings is 1. The molecule has 1 saturated heterocycles. The van der Waals surface area contributed by atoms with Crippen LogP contribution in [-0.2, 0) is 16.3 Å². The Morgan fingerprint density at radius 1 is 1.19 bits per heavy atom. The van der Waals surface area contributed by atoms with Gasteiger partial charge in [0.1, 0.15) is 0 Å². The molecule has 0 spiro atoms. The van der Waals surface area contributed by atoms with Gasteiger partial charge in [0.25, 0.3) is 0 Å². The fraction of sp³-hybridized carbons (Fsp3) is 0.647. The number of likely N-dealkylation sites (N-methyl/N-ethyl adjacent to an activating group) is 1. The summed E-state index contributed by atoms with van der Waals surface area (Å²) >= 11 is 0. The molecule has 2 atom stereocenters. The highest BCUT2D eigenvalue weighted by Crippen LogP contribution is 2.26. The molecular formula is C17H27NO2S. The lowest BCUT2D eigenvalue weighted by molar-refractivity contribution is 0.455. The molecule has 0 bridgehead atoms. The van der Waals surface area contributed by atoms with E-state index in [1.807, 2.05) is 7.05 Å². The van der Waals surface area contributed by atoms with E-state index in [0.717, 1.165) is 25.7 Å². The molecule has 1 aliphatic heterocycles. The zero-order valence-corrected chi connectivity index (χ0v) is 14.4. The summed E-state index contributed by atoms with van der Waals surface area (Å²) in [6.45, 7) is 6.35. The van der Waals surface area contributed by atoms with E-state index in [1.165, 1.54) is 22.3 Å². The van der Waals surface area contributed by atoms with Gasteiger partial charge in [-0.25, -0.2) is 8.42 Å². The molecule has 1 aromatic carbocycles. The van der Waals surface area contributed by atoms with Crippen LogP contribution in [0.3, 0.4) is 0 Å². The standard InChI is InChI=1S/C17H27NO2S/c1-12-9-13(2)15(14(3)10-12)11-16(18-4)17-7-5-6-8-21(17,19)20/h9-10,16-18H,5-8,11H2,1-4H3. The molecule has 1 heterocycles. The maximum Gasteiger partial charge on any atom is 0.154 e. The Morgan fingerprint density at radius 3 is 2.33 bits per heavy atom. The van der Waals surface area contributed by atoms with E-state index >= 15 is 0 Å². The van der Waals surface area contributed by atoms with Gasteiger partial charge in [-0.1, -0.05) is 24.1 Å². The summed E-state index contributed by atoms with van der Waals surface area (Å²) in [6, 6.07) is 4.38. The van der Waals surface area contributed by atoms with Crippen LogP contribution in [0.25, 0.3) is 0 Å². The van der Waals surface area contributed by atoms with Crippen LogP contribution in [0, 0.1) is 20.8 Å². The lowest BCUT2D eigenvalue weighted by Crippen LogP contribution is -2.46. The van der Waals surface area contributed by atoms with E-state index in [2.05, 4.69) is 38.2 Å². The van der Waals surface area contributed by atoms with Crippen LogP contribution >= 0.6 is 0 Å². The third kappa shape index (κ3) is 3.67. The second-order valence-corrected chi connectivity index (χ2v) is 8.72. The van der Waals surface area contributed by atoms with Crippen LogP contribution in [-0.4, -0.2) is 32.5 Å². The lowest BCUT2D eigenvalue weighted by atomic mass is 9.92. The Balaban J connectivity index is 2.27. The largest absolute Gasteiger partial charge is 0.315 e. The molecule has 1 fully saturated rings. The third-order valence-corrected chi connectivity index (χ3v) is 7.06. The maximum atomic E-state index is 12.4. The second kappa shape index (κ2) is 6.49. The minimum absolute atomic E-state index is 0.00964. The first kappa shape index (κ1) is 16.5. The minimum Gasteiger partial charge on any atom is -0.315 e. The predicted octanol–water partition coefficient (Wildman–Crippen LogP) is 2.71. The average Bonchev–Trinajstić information content (AvgIpc) is 2.38. The molecule has 1 aromatic rings. The predicted molar refractivity (Wildman–Crippen MR) is 88.6 cm³/mol. The van der Waals surface area contributed by atoms with Crippen molar-refractivity contribution < 1.29 is 8.42 Å². The Kier molecular flexibility index (Phi) is 5.10. The highest BCUT2D eigenvalue weighted by Gasteiger charge is 2.35. The Labute approximate surface area is 129 Å². The molecule has 4 heteroatoms. The summed E-state index contributed by atoms with van der Waals surface area (Å²) in [5.41, 5.74) is 5.09. The molecule has 0 aromatic heterocycles. The lowest BCUT2D eigenvalue weighted by Gasteiger charge is -2.30. The number of rotatable bonds is 4. The van der Waals surface area contributed by atoms with Gasteiger partial charge in [-0.05, 0) is 63.8 Å². The summed E-state index contributed by atoms with van der Waals surface area (Å²) in [5, 5.41) is 3.03. The first-order valence-electron chi connectivity index (χ1n) is 7.80. The number of aryl methyl sites for hydroxylation is 3. The average molecular weight is 309 g/mol. The van der Waals surface area contributed by atoms with Crippen molar-refractivity contribution in [3.63, 3.8) is 0 Å². The van der Waals surface area contributed by atoms with Crippen LogP contribution in [0.1, 0.15) is 41.5 Å². The van der Waals surface area contributed by atoms with Crippen LogP contribution in [0.15, 0.2) is 12.1 Å². The van der Waals surface area contributed by atoms with Gasteiger partial charge in [-0.15, -0.1) is 0 Å². The van der Waals surface area contributed by atoms with E-state index in [0.29, 0.717) is 5.75 Å². The highest BCUT2D eigenvalue weighted by atomic mass is 32.2. The molecule has 2 unspecified atom stereocenters. The van der Waals surface area contributed by atoms with E-state index in [-0.39, 0.29) is 11.3 Å². The maximum absolute atomic E-state index is 12.4. The third-order valence-electron chi connectivity index (χ3n) is 4.71. The van der Waals surface area contributed by atoms with Gasteiger partial charge in [-0.2, -0.15) is 0 Å². The molecule has 2 rings (SSSR count). The molecule has 0 radical (unpaired) electrons.